The Morgan fingerprint density at radius 1 is 1.36 bits per heavy atom. The van der Waals surface area contributed by atoms with Crippen LogP contribution in [0, 0.1) is 13.8 Å². The second-order valence-corrected chi connectivity index (χ2v) is 6.06. The number of nitrogens with zero attached hydrogens (tertiary/aromatic N) is 3. The Morgan fingerprint density at radius 3 is 2.77 bits per heavy atom. The van der Waals surface area contributed by atoms with E-state index in [1.54, 1.807) is 11.3 Å². The first-order valence-corrected chi connectivity index (χ1v) is 8.58. The summed E-state index contributed by atoms with van der Waals surface area (Å²) in [5.41, 5.74) is 4.92. The molecule has 0 bridgehead atoms. The second-order valence-electron chi connectivity index (χ2n) is 5.28. The topological polar surface area (TPSA) is 54.2 Å². The van der Waals surface area contributed by atoms with Crippen molar-refractivity contribution in [3.63, 3.8) is 0 Å². The van der Waals surface area contributed by atoms with Crippen LogP contribution < -0.4 is 10.6 Å². The molecule has 120 valence electrons. The second kappa shape index (κ2) is 7.98. The molecule has 0 aliphatic rings. The molecule has 2 aromatic heterocycles. The van der Waals surface area contributed by atoms with Gasteiger partial charge in [-0.15, -0.1) is 0 Å². The largest absolute Gasteiger partial charge is 0.357 e. The highest BCUT2D eigenvalue weighted by molar-refractivity contribution is 7.07. The van der Waals surface area contributed by atoms with Gasteiger partial charge >= 0.3 is 0 Å². The molecule has 0 atom stereocenters. The lowest BCUT2D eigenvalue weighted by atomic mass is 10.1. The van der Waals surface area contributed by atoms with Gasteiger partial charge in [-0.1, -0.05) is 0 Å². The molecule has 2 heterocycles. The summed E-state index contributed by atoms with van der Waals surface area (Å²) >= 11 is 1.71. The lowest BCUT2D eigenvalue weighted by Gasteiger charge is -2.11. The van der Waals surface area contributed by atoms with Gasteiger partial charge in [-0.2, -0.15) is 16.4 Å². The van der Waals surface area contributed by atoms with Crippen LogP contribution in [0.2, 0.25) is 0 Å². The third kappa shape index (κ3) is 4.34. The highest BCUT2D eigenvalue weighted by Gasteiger charge is 2.09. The van der Waals surface area contributed by atoms with Crippen molar-refractivity contribution in [3.8, 4) is 0 Å². The average Bonchev–Trinajstić information content (AvgIpc) is 3.08. The van der Waals surface area contributed by atoms with Gasteiger partial charge in [0.1, 0.15) is 0 Å². The lowest BCUT2D eigenvalue weighted by molar-refractivity contribution is 0.729. The molecule has 0 spiro atoms. The predicted octanol–water partition coefficient (Wildman–Crippen LogP) is 2.40. The summed E-state index contributed by atoms with van der Waals surface area (Å²) in [4.78, 5) is 4.62. The van der Waals surface area contributed by atoms with Crippen molar-refractivity contribution in [1.82, 2.24) is 20.4 Å². The van der Waals surface area contributed by atoms with Crippen molar-refractivity contribution < 1.29 is 0 Å². The number of hydrogen-bond donors (Lipinski definition) is 2. The predicted molar refractivity (Wildman–Crippen MR) is 93.5 cm³/mol. The molecule has 0 saturated heterocycles. The standard InChI is InChI=1S/C16H25N5S/c1-5-17-16(19-10-14-7-9-22-11-14)18-8-6-15-12(2)20-21(4)13(15)3/h7,9,11H,5-6,8,10H2,1-4H3,(H2,17,18,19). The highest BCUT2D eigenvalue weighted by atomic mass is 32.1. The Bertz CT molecular complexity index is 613. The fourth-order valence-corrected chi connectivity index (χ4v) is 3.04. The molecule has 22 heavy (non-hydrogen) atoms. The van der Waals surface area contributed by atoms with E-state index in [1.165, 1.54) is 16.8 Å². The molecule has 2 rings (SSSR count). The van der Waals surface area contributed by atoms with Crippen LogP contribution in [0.1, 0.15) is 29.4 Å². The Kier molecular flexibility index (Phi) is 6.00. The molecule has 5 nitrogen and oxygen atoms in total. The number of guanidine groups is 1. The Morgan fingerprint density at radius 2 is 2.18 bits per heavy atom. The molecule has 0 fully saturated rings. The molecule has 0 aliphatic heterocycles. The quantitative estimate of drug-likeness (QED) is 0.635. The smallest absolute Gasteiger partial charge is 0.191 e. The van der Waals surface area contributed by atoms with E-state index >= 15 is 0 Å². The molecule has 0 aromatic carbocycles. The van der Waals surface area contributed by atoms with E-state index in [0.29, 0.717) is 6.54 Å². The zero-order valence-corrected chi connectivity index (χ0v) is 14.6. The molecular formula is C16H25N5S. The normalized spacial score (nSPS) is 11.7. The van der Waals surface area contributed by atoms with E-state index in [9.17, 15) is 0 Å². The lowest BCUT2D eigenvalue weighted by Crippen LogP contribution is -2.38. The van der Waals surface area contributed by atoms with Crippen LogP contribution >= 0.6 is 11.3 Å². The van der Waals surface area contributed by atoms with Gasteiger partial charge in [-0.3, -0.25) is 4.68 Å². The molecule has 0 saturated carbocycles. The number of rotatable bonds is 6. The molecule has 0 unspecified atom stereocenters. The van der Waals surface area contributed by atoms with E-state index in [0.717, 1.165) is 31.2 Å². The van der Waals surface area contributed by atoms with Crippen LogP contribution in [-0.2, 0) is 20.0 Å². The van der Waals surface area contributed by atoms with Gasteiger partial charge < -0.3 is 10.6 Å². The molecule has 6 heteroatoms. The van der Waals surface area contributed by atoms with E-state index in [4.69, 9.17) is 0 Å². The Balaban J connectivity index is 1.90. The SMILES string of the molecule is CCNC(=NCc1ccsc1)NCCc1c(C)nn(C)c1C. The summed E-state index contributed by atoms with van der Waals surface area (Å²) in [6.45, 7) is 8.69. The van der Waals surface area contributed by atoms with Crippen molar-refractivity contribution >= 4 is 17.3 Å². The molecule has 2 aromatic rings. The van der Waals surface area contributed by atoms with Crippen LogP contribution in [0.25, 0.3) is 0 Å². The summed E-state index contributed by atoms with van der Waals surface area (Å²) in [6, 6.07) is 2.11. The number of aliphatic imine (C=N–C) groups is 1. The molecular weight excluding hydrogens is 294 g/mol. The van der Waals surface area contributed by atoms with E-state index in [-0.39, 0.29) is 0 Å². The first-order valence-electron chi connectivity index (χ1n) is 7.64. The maximum absolute atomic E-state index is 4.62. The maximum atomic E-state index is 4.62. The number of thiophene rings is 1. The van der Waals surface area contributed by atoms with Crippen molar-refractivity contribution in [2.24, 2.45) is 12.0 Å². The Hall–Kier alpha value is -1.82. The highest BCUT2D eigenvalue weighted by Crippen LogP contribution is 2.11. The third-order valence-corrected chi connectivity index (χ3v) is 4.40. The van der Waals surface area contributed by atoms with E-state index in [2.05, 4.69) is 58.3 Å². The van der Waals surface area contributed by atoms with Gasteiger partial charge in [0.25, 0.3) is 0 Å². The molecule has 2 N–H and O–H groups in total. The zero-order chi connectivity index (χ0) is 15.9. The van der Waals surface area contributed by atoms with Gasteiger partial charge in [0.05, 0.1) is 12.2 Å². The van der Waals surface area contributed by atoms with Crippen LogP contribution in [0.3, 0.4) is 0 Å². The molecule has 0 amide bonds. The molecule has 0 aliphatic carbocycles. The van der Waals surface area contributed by atoms with Crippen molar-refractivity contribution in [3.05, 3.63) is 39.3 Å². The van der Waals surface area contributed by atoms with Crippen molar-refractivity contribution in [2.45, 2.75) is 33.7 Å². The Labute approximate surface area is 136 Å². The molecule has 0 radical (unpaired) electrons. The first-order chi connectivity index (χ1) is 10.6. The number of aromatic nitrogens is 2. The van der Waals surface area contributed by atoms with E-state index in [1.807, 2.05) is 11.7 Å². The number of nitrogens with one attached hydrogen (secondary N) is 2. The van der Waals surface area contributed by atoms with Crippen LogP contribution in [0.15, 0.2) is 21.8 Å². The van der Waals surface area contributed by atoms with Crippen molar-refractivity contribution in [2.75, 3.05) is 13.1 Å². The monoisotopic (exact) mass is 319 g/mol. The summed E-state index contributed by atoms with van der Waals surface area (Å²) in [7, 11) is 1.99. The summed E-state index contributed by atoms with van der Waals surface area (Å²) in [5.74, 6) is 0.868. The third-order valence-electron chi connectivity index (χ3n) is 3.67. The minimum Gasteiger partial charge on any atom is -0.357 e. The van der Waals surface area contributed by atoms with Gasteiger partial charge in [0.15, 0.2) is 5.96 Å². The fourth-order valence-electron chi connectivity index (χ4n) is 2.38. The summed E-state index contributed by atoms with van der Waals surface area (Å²) < 4.78 is 1.94. The average molecular weight is 319 g/mol. The van der Waals surface area contributed by atoms with E-state index < -0.39 is 0 Å². The van der Waals surface area contributed by atoms with Gasteiger partial charge in [-0.25, -0.2) is 4.99 Å². The minimum absolute atomic E-state index is 0.712. The van der Waals surface area contributed by atoms with Gasteiger partial charge in [-0.05, 0) is 55.1 Å². The minimum atomic E-state index is 0.712. The first kappa shape index (κ1) is 16.5. The van der Waals surface area contributed by atoms with Gasteiger partial charge in [0, 0.05) is 25.8 Å². The summed E-state index contributed by atoms with van der Waals surface area (Å²) in [5, 5.41) is 15.4. The fraction of sp³-hybridized carbons (Fsp3) is 0.500. The maximum Gasteiger partial charge on any atom is 0.191 e. The number of aryl methyl sites for hydroxylation is 2. The van der Waals surface area contributed by atoms with Crippen LogP contribution in [0.5, 0.6) is 0 Å². The van der Waals surface area contributed by atoms with Gasteiger partial charge in [0.2, 0.25) is 0 Å². The zero-order valence-electron chi connectivity index (χ0n) is 13.8. The van der Waals surface area contributed by atoms with Crippen molar-refractivity contribution in [1.29, 1.82) is 0 Å². The van der Waals surface area contributed by atoms with Crippen LogP contribution in [0.4, 0.5) is 0 Å². The summed E-state index contributed by atoms with van der Waals surface area (Å²) in [6.07, 6.45) is 0.953. The van der Waals surface area contributed by atoms with Crippen LogP contribution in [-0.4, -0.2) is 28.8 Å². The number of hydrogen-bond acceptors (Lipinski definition) is 3.